The van der Waals surface area contributed by atoms with Gasteiger partial charge in [-0.05, 0) is 68.7 Å². The molecule has 39 heavy (non-hydrogen) atoms. The van der Waals surface area contributed by atoms with Crippen LogP contribution < -0.4 is 9.62 Å². The van der Waals surface area contributed by atoms with E-state index in [9.17, 15) is 18.0 Å². The lowest BCUT2D eigenvalue weighted by atomic mass is 10.1. The van der Waals surface area contributed by atoms with Crippen LogP contribution in [0.15, 0.2) is 83.8 Å². The Kier molecular flexibility index (Phi) is 9.30. The number of hydrogen-bond donors (Lipinski definition) is 1. The van der Waals surface area contributed by atoms with E-state index in [0.29, 0.717) is 10.7 Å². The number of halogens is 1. The Morgan fingerprint density at radius 3 is 2.28 bits per heavy atom. The molecule has 0 saturated heterocycles. The van der Waals surface area contributed by atoms with E-state index >= 15 is 0 Å². The number of carbonyl (C=O) groups excluding carboxylic acids is 2. The normalized spacial score (nSPS) is 14.5. The molecule has 2 amide bonds. The molecule has 3 aromatic rings. The molecule has 1 aliphatic rings. The summed E-state index contributed by atoms with van der Waals surface area (Å²) in [5.74, 6) is -0.730. The van der Waals surface area contributed by atoms with Crippen LogP contribution in [0.2, 0.25) is 5.02 Å². The van der Waals surface area contributed by atoms with Crippen molar-refractivity contribution in [2.24, 2.45) is 0 Å². The van der Waals surface area contributed by atoms with Gasteiger partial charge >= 0.3 is 0 Å². The molecule has 3 aromatic carbocycles. The molecule has 0 spiro atoms. The van der Waals surface area contributed by atoms with E-state index in [4.69, 9.17) is 11.6 Å². The van der Waals surface area contributed by atoms with Gasteiger partial charge in [0.25, 0.3) is 10.0 Å². The molecule has 9 heteroatoms. The van der Waals surface area contributed by atoms with Crippen molar-refractivity contribution >= 4 is 39.1 Å². The Labute approximate surface area is 235 Å². The lowest BCUT2D eigenvalue weighted by Crippen LogP contribution is -2.52. The van der Waals surface area contributed by atoms with Gasteiger partial charge < -0.3 is 10.2 Å². The molecule has 1 atom stereocenters. The van der Waals surface area contributed by atoms with Crippen molar-refractivity contribution < 1.29 is 18.0 Å². The fourth-order valence-electron chi connectivity index (χ4n) is 4.84. The maximum absolute atomic E-state index is 14.0. The van der Waals surface area contributed by atoms with Crippen LogP contribution in [0.4, 0.5) is 5.69 Å². The summed E-state index contributed by atoms with van der Waals surface area (Å²) >= 11 is 6.07. The summed E-state index contributed by atoms with van der Waals surface area (Å²) in [5, 5.41) is 3.52. The number of hydrogen-bond acceptors (Lipinski definition) is 4. The molecule has 1 aliphatic carbocycles. The van der Waals surface area contributed by atoms with E-state index in [1.165, 1.54) is 17.0 Å². The van der Waals surface area contributed by atoms with Crippen LogP contribution in [-0.4, -0.2) is 43.8 Å². The minimum absolute atomic E-state index is 0.0602. The number of nitrogens with one attached hydrogen (secondary N) is 1. The van der Waals surface area contributed by atoms with Gasteiger partial charge in [0, 0.05) is 17.6 Å². The zero-order valence-corrected chi connectivity index (χ0v) is 23.8. The number of anilines is 1. The largest absolute Gasteiger partial charge is 0.352 e. The van der Waals surface area contributed by atoms with Crippen LogP contribution >= 0.6 is 11.6 Å². The second-order valence-electron chi connectivity index (χ2n) is 9.98. The molecule has 0 aliphatic heterocycles. The van der Waals surface area contributed by atoms with Gasteiger partial charge in [-0.15, -0.1) is 0 Å². The van der Waals surface area contributed by atoms with Crippen molar-refractivity contribution in [2.45, 2.75) is 63.1 Å². The quantitative estimate of drug-likeness (QED) is 0.359. The van der Waals surface area contributed by atoms with Gasteiger partial charge in [0.1, 0.15) is 12.6 Å². The third kappa shape index (κ3) is 7.19. The molecular formula is C30H34ClN3O4S. The summed E-state index contributed by atoms with van der Waals surface area (Å²) in [4.78, 5) is 28.7. The van der Waals surface area contributed by atoms with Crippen molar-refractivity contribution in [1.82, 2.24) is 10.2 Å². The molecule has 0 bridgehead atoms. The fourth-order valence-corrected chi connectivity index (χ4v) is 6.40. The third-order valence-corrected chi connectivity index (χ3v) is 9.07. The Bertz CT molecular complexity index is 1390. The van der Waals surface area contributed by atoms with Crippen molar-refractivity contribution in [1.29, 1.82) is 0 Å². The molecule has 1 saturated carbocycles. The topological polar surface area (TPSA) is 86.8 Å². The van der Waals surface area contributed by atoms with Crippen LogP contribution in [0.3, 0.4) is 0 Å². The molecule has 7 nitrogen and oxygen atoms in total. The predicted molar refractivity (Wildman–Crippen MR) is 154 cm³/mol. The number of sulfonamides is 1. The highest BCUT2D eigenvalue weighted by Gasteiger charge is 2.33. The van der Waals surface area contributed by atoms with Crippen molar-refractivity contribution in [3.63, 3.8) is 0 Å². The van der Waals surface area contributed by atoms with E-state index < -0.39 is 28.5 Å². The van der Waals surface area contributed by atoms with E-state index in [1.54, 1.807) is 49.4 Å². The van der Waals surface area contributed by atoms with E-state index in [2.05, 4.69) is 5.32 Å². The van der Waals surface area contributed by atoms with E-state index in [-0.39, 0.29) is 23.4 Å². The summed E-state index contributed by atoms with van der Waals surface area (Å²) in [6, 6.07) is 21.3. The van der Waals surface area contributed by atoms with Crippen molar-refractivity contribution in [2.75, 3.05) is 10.8 Å². The molecule has 0 aromatic heterocycles. The Morgan fingerprint density at radius 1 is 0.974 bits per heavy atom. The average Bonchev–Trinajstić information content (AvgIpc) is 3.44. The number of rotatable bonds is 10. The highest BCUT2D eigenvalue weighted by Crippen LogP contribution is 2.26. The summed E-state index contributed by atoms with van der Waals surface area (Å²) in [5.41, 5.74) is 2.18. The SMILES string of the molecule is Cc1cccc(CN(C(=O)CN(c2ccc(Cl)cc2)S(=O)(=O)c2ccccc2)[C@H](C)C(=O)NC2CCCC2)c1. The monoisotopic (exact) mass is 567 g/mol. The van der Waals surface area contributed by atoms with Crippen LogP contribution in [0.1, 0.15) is 43.7 Å². The first kappa shape index (κ1) is 28.6. The maximum atomic E-state index is 14.0. The molecule has 1 N–H and O–H groups in total. The zero-order valence-electron chi connectivity index (χ0n) is 22.2. The van der Waals surface area contributed by atoms with Crippen LogP contribution in [0.5, 0.6) is 0 Å². The van der Waals surface area contributed by atoms with Gasteiger partial charge in [-0.1, -0.05) is 72.5 Å². The Morgan fingerprint density at radius 2 is 1.64 bits per heavy atom. The minimum Gasteiger partial charge on any atom is -0.352 e. The zero-order chi connectivity index (χ0) is 28.0. The molecular weight excluding hydrogens is 534 g/mol. The summed E-state index contributed by atoms with van der Waals surface area (Å²) in [6.07, 6.45) is 3.98. The molecule has 0 unspecified atom stereocenters. The van der Waals surface area contributed by atoms with Gasteiger partial charge in [-0.25, -0.2) is 8.42 Å². The Hall–Kier alpha value is -3.36. The van der Waals surface area contributed by atoms with Gasteiger partial charge in [0.2, 0.25) is 11.8 Å². The van der Waals surface area contributed by atoms with Crippen molar-refractivity contribution in [3.8, 4) is 0 Å². The molecule has 4 rings (SSSR count). The number of amides is 2. The first-order chi connectivity index (χ1) is 18.6. The van der Waals surface area contributed by atoms with Crippen LogP contribution in [0, 0.1) is 6.92 Å². The first-order valence-corrected chi connectivity index (χ1v) is 15.0. The van der Waals surface area contributed by atoms with E-state index in [1.807, 2.05) is 31.2 Å². The maximum Gasteiger partial charge on any atom is 0.264 e. The smallest absolute Gasteiger partial charge is 0.264 e. The Balaban J connectivity index is 1.67. The number of aryl methyl sites for hydroxylation is 1. The first-order valence-electron chi connectivity index (χ1n) is 13.1. The van der Waals surface area contributed by atoms with Crippen molar-refractivity contribution in [3.05, 3.63) is 95.0 Å². The number of nitrogens with zero attached hydrogens (tertiary/aromatic N) is 2. The van der Waals surface area contributed by atoms with Crippen LogP contribution in [0.25, 0.3) is 0 Å². The molecule has 206 valence electrons. The summed E-state index contributed by atoms with van der Waals surface area (Å²) in [6.45, 7) is 3.34. The average molecular weight is 568 g/mol. The molecule has 0 heterocycles. The predicted octanol–water partition coefficient (Wildman–Crippen LogP) is 5.32. The van der Waals surface area contributed by atoms with Gasteiger partial charge in [-0.2, -0.15) is 0 Å². The highest BCUT2D eigenvalue weighted by atomic mass is 35.5. The standard InChI is InChI=1S/C30H34ClN3O4S/c1-22-9-8-10-24(19-22)20-33(23(2)30(36)32-26-11-6-7-12-26)29(35)21-34(27-17-15-25(31)16-18-27)39(37,38)28-13-4-3-5-14-28/h3-5,8-10,13-19,23,26H,6-7,11-12,20-21H2,1-2H3,(H,32,36)/t23-/m1/s1. The number of benzene rings is 3. The van der Waals surface area contributed by atoms with Gasteiger partial charge in [0.15, 0.2) is 0 Å². The summed E-state index contributed by atoms with van der Waals surface area (Å²) < 4.78 is 28.6. The molecule has 1 fully saturated rings. The second-order valence-corrected chi connectivity index (χ2v) is 12.3. The molecule has 0 radical (unpaired) electrons. The fraction of sp³-hybridized carbons (Fsp3) is 0.333. The van der Waals surface area contributed by atoms with E-state index in [0.717, 1.165) is 41.1 Å². The van der Waals surface area contributed by atoms with Gasteiger partial charge in [0.05, 0.1) is 10.6 Å². The number of carbonyl (C=O) groups is 2. The highest BCUT2D eigenvalue weighted by molar-refractivity contribution is 7.92. The minimum atomic E-state index is -4.10. The van der Waals surface area contributed by atoms with Crippen LogP contribution in [-0.2, 0) is 26.2 Å². The lowest BCUT2D eigenvalue weighted by molar-refractivity contribution is -0.139. The third-order valence-electron chi connectivity index (χ3n) is 7.03. The summed E-state index contributed by atoms with van der Waals surface area (Å²) in [7, 11) is -4.10. The lowest BCUT2D eigenvalue weighted by Gasteiger charge is -2.32. The van der Waals surface area contributed by atoms with Gasteiger partial charge in [-0.3, -0.25) is 13.9 Å². The second kappa shape index (κ2) is 12.7.